The minimum absolute atomic E-state index is 0. The summed E-state index contributed by atoms with van der Waals surface area (Å²) in [5.74, 6) is 0.807. The fourth-order valence-corrected chi connectivity index (χ4v) is 2.55. The molecule has 0 spiro atoms. The van der Waals surface area contributed by atoms with Crippen LogP contribution in [0.1, 0.15) is 19.8 Å². The van der Waals surface area contributed by atoms with Crippen molar-refractivity contribution in [1.29, 1.82) is 0 Å². The van der Waals surface area contributed by atoms with Crippen LogP contribution in [0.2, 0.25) is 0 Å². The minimum atomic E-state index is -0.148. The van der Waals surface area contributed by atoms with Crippen molar-refractivity contribution in [2.45, 2.75) is 31.9 Å². The molecule has 3 nitrogen and oxygen atoms in total. The lowest BCUT2D eigenvalue weighted by molar-refractivity contribution is 0.0566. The van der Waals surface area contributed by atoms with Crippen LogP contribution in [0.3, 0.4) is 0 Å². The van der Waals surface area contributed by atoms with Crippen LogP contribution in [0.4, 0.5) is 0 Å². The zero-order valence-corrected chi connectivity index (χ0v) is 9.59. The normalized spacial score (nSPS) is 39.4. The number of hydrogen-bond donors (Lipinski definition) is 2. The number of aliphatic hydroxyl groups is 1. The van der Waals surface area contributed by atoms with Crippen LogP contribution in [0.5, 0.6) is 0 Å². The van der Waals surface area contributed by atoms with E-state index in [0.29, 0.717) is 6.04 Å². The molecule has 0 aromatic rings. The van der Waals surface area contributed by atoms with Crippen molar-refractivity contribution >= 4 is 12.4 Å². The highest BCUT2D eigenvalue weighted by Crippen LogP contribution is 2.20. The molecule has 4 heteroatoms. The van der Waals surface area contributed by atoms with Crippen molar-refractivity contribution < 1.29 is 5.11 Å². The summed E-state index contributed by atoms with van der Waals surface area (Å²) in [4.78, 5) is 2.46. The molecule has 0 radical (unpaired) electrons. The van der Waals surface area contributed by atoms with Crippen LogP contribution in [0.15, 0.2) is 0 Å². The number of hydrogen-bond acceptors (Lipinski definition) is 3. The number of nitrogens with zero attached hydrogens (tertiary/aromatic N) is 1. The summed E-state index contributed by atoms with van der Waals surface area (Å²) in [5.41, 5.74) is 0. The van der Waals surface area contributed by atoms with Crippen molar-refractivity contribution in [1.82, 2.24) is 10.2 Å². The first-order chi connectivity index (χ1) is 6.27. The average Bonchev–Trinajstić information content (AvgIpc) is 2.51. The SMILES string of the molecule is CC1CCCN([C@@H]2CNC[C@H]2O)C1.Cl. The molecule has 2 N–H and O–H groups in total. The fraction of sp³-hybridized carbons (Fsp3) is 1.00. The van der Waals surface area contributed by atoms with Crippen molar-refractivity contribution in [2.75, 3.05) is 26.2 Å². The Balaban J connectivity index is 0.000000980. The van der Waals surface area contributed by atoms with Crippen LogP contribution in [-0.4, -0.2) is 48.3 Å². The maximum Gasteiger partial charge on any atom is 0.0831 e. The van der Waals surface area contributed by atoms with Gasteiger partial charge < -0.3 is 10.4 Å². The fourth-order valence-electron chi connectivity index (χ4n) is 2.55. The van der Waals surface area contributed by atoms with Gasteiger partial charge in [-0.1, -0.05) is 6.92 Å². The molecule has 2 saturated heterocycles. The van der Waals surface area contributed by atoms with Gasteiger partial charge in [-0.3, -0.25) is 4.90 Å². The zero-order valence-electron chi connectivity index (χ0n) is 8.78. The van der Waals surface area contributed by atoms with Gasteiger partial charge in [-0.15, -0.1) is 12.4 Å². The highest BCUT2D eigenvalue weighted by molar-refractivity contribution is 5.85. The highest BCUT2D eigenvalue weighted by Gasteiger charge is 2.32. The van der Waals surface area contributed by atoms with Crippen LogP contribution in [0, 0.1) is 5.92 Å². The predicted molar refractivity (Wildman–Crippen MR) is 59.9 cm³/mol. The van der Waals surface area contributed by atoms with Crippen molar-refractivity contribution in [3.05, 3.63) is 0 Å². The number of piperidine rings is 1. The lowest BCUT2D eigenvalue weighted by Gasteiger charge is -2.36. The molecule has 0 aliphatic carbocycles. The summed E-state index contributed by atoms with van der Waals surface area (Å²) >= 11 is 0. The molecule has 3 atom stereocenters. The Morgan fingerprint density at radius 3 is 2.71 bits per heavy atom. The Hall–Kier alpha value is 0.170. The second kappa shape index (κ2) is 5.31. The Morgan fingerprint density at radius 1 is 1.36 bits per heavy atom. The van der Waals surface area contributed by atoms with Crippen LogP contribution in [-0.2, 0) is 0 Å². The van der Waals surface area contributed by atoms with E-state index in [1.165, 1.54) is 25.9 Å². The summed E-state index contributed by atoms with van der Waals surface area (Å²) in [6.45, 7) is 6.39. The van der Waals surface area contributed by atoms with Gasteiger partial charge in [0.1, 0.15) is 0 Å². The number of β-amino-alcohol motifs (C(OH)–C–C–N with tert-alkyl or cyclic N) is 1. The topological polar surface area (TPSA) is 35.5 Å². The molecule has 84 valence electrons. The van der Waals surface area contributed by atoms with E-state index in [9.17, 15) is 5.11 Å². The number of rotatable bonds is 1. The lowest BCUT2D eigenvalue weighted by atomic mass is 9.98. The Bertz CT molecular complexity index is 180. The van der Waals surface area contributed by atoms with E-state index in [1.807, 2.05) is 0 Å². The van der Waals surface area contributed by atoms with E-state index in [4.69, 9.17) is 0 Å². The third kappa shape index (κ3) is 2.60. The molecular formula is C10H21ClN2O. The molecule has 0 aromatic heterocycles. The molecule has 0 amide bonds. The largest absolute Gasteiger partial charge is 0.390 e. The molecule has 0 aromatic carbocycles. The summed E-state index contributed by atoms with van der Waals surface area (Å²) in [6, 6.07) is 0.378. The number of halogens is 1. The molecule has 2 heterocycles. The Kier molecular flexibility index (Phi) is 4.64. The molecule has 14 heavy (non-hydrogen) atoms. The smallest absolute Gasteiger partial charge is 0.0831 e. The molecule has 2 aliphatic rings. The van der Waals surface area contributed by atoms with Gasteiger partial charge in [-0.2, -0.15) is 0 Å². The standard InChI is InChI=1S/C10H20N2O.ClH/c1-8-3-2-4-12(7-8)9-5-11-6-10(9)13;/h8-11,13H,2-7H2,1H3;1H/t8?,9-,10-;/m1./s1. The average molecular weight is 221 g/mol. The summed E-state index contributed by atoms with van der Waals surface area (Å²) in [7, 11) is 0. The monoisotopic (exact) mass is 220 g/mol. The molecule has 2 fully saturated rings. The van der Waals surface area contributed by atoms with Crippen LogP contribution in [0.25, 0.3) is 0 Å². The van der Waals surface area contributed by atoms with Gasteiger partial charge in [-0.05, 0) is 25.3 Å². The first kappa shape index (κ1) is 12.2. The van der Waals surface area contributed by atoms with E-state index in [-0.39, 0.29) is 18.5 Å². The van der Waals surface area contributed by atoms with E-state index < -0.39 is 0 Å². The molecule has 0 saturated carbocycles. The van der Waals surface area contributed by atoms with E-state index in [2.05, 4.69) is 17.1 Å². The third-order valence-electron chi connectivity index (χ3n) is 3.31. The van der Waals surface area contributed by atoms with Gasteiger partial charge in [0.25, 0.3) is 0 Å². The second-order valence-electron chi connectivity index (χ2n) is 4.54. The van der Waals surface area contributed by atoms with Gasteiger partial charge in [0.15, 0.2) is 0 Å². The molecular weight excluding hydrogens is 200 g/mol. The molecule has 2 aliphatic heterocycles. The zero-order chi connectivity index (χ0) is 9.26. The molecule has 2 rings (SSSR count). The third-order valence-corrected chi connectivity index (χ3v) is 3.31. The quantitative estimate of drug-likeness (QED) is 0.675. The number of nitrogens with one attached hydrogen (secondary N) is 1. The predicted octanol–water partition coefficient (Wildman–Crippen LogP) is 0.473. The Labute approximate surface area is 92.3 Å². The van der Waals surface area contributed by atoms with Crippen LogP contribution >= 0.6 is 12.4 Å². The van der Waals surface area contributed by atoms with Gasteiger partial charge in [0, 0.05) is 25.7 Å². The lowest BCUT2D eigenvalue weighted by Crippen LogP contribution is -2.47. The second-order valence-corrected chi connectivity index (χ2v) is 4.54. The van der Waals surface area contributed by atoms with Crippen LogP contribution < -0.4 is 5.32 Å². The summed E-state index contributed by atoms with van der Waals surface area (Å²) in [5, 5.41) is 13.0. The van der Waals surface area contributed by atoms with Gasteiger partial charge in [-0.25, -0.2) is 0 Å². The van der Waals surface area contributed by atoms with Crippen molar-refractivity contribution in [2.24, 2.45) is 5.92 Å². The maximum absolute atomic E-state index is 9.72. The summed E-state index contributed by atoms with van der Waals surface area (Å²) < 4.78 is 0. The maximum atomic E-state index is 9.72. The minimum Gasteiger partial charge on any atom is -0.390 e. The number of aliphatic hydroxyl groups excluding tert-OH is 1. The van der Waals surface area contributed by atoms with E-state index >= 15 is 0 Å². The highest BCUT2D eigenvalue weighted by atomic mass is 35.5. The van der Waals surface area contributed by atoms with Gasteiger partial charge in [0.2, 0.25) is 0 Å². The number of likely N-dealkylation sites (tertiary alicyclic amines) is 1. The summed E-state index contributed by atoms with van der Waals surface area (Å²) in [6.07, 6.45) is 2.50. The first-order valence-corrected chi connectivity index (χ1v) is 5.40. The van der Waals surface area contributed by atoms with Crippen molar-refractivity contribution in [3.63, 3.8) is 0 Å². The van der Waals surface area contributed by atoms with Gasteiger partial charge in [0.05, 0.1) is 6.10 Å². The molecule has 1 unspecified atom stereocenters. The van der Waals surface area contributed by atoms with E-state index in [0.717, 1.165) is 19.0 Å². The first-order valence-electron chi connectivity index (χ1n) is 5.40. The van der Waals surface area contributed by atoms with Gasteiger partial charge >= 0.3 is 0 Å². The van der Waals surface area contributed by atoms with Crippen molar-refractivity contribution in [3.8, 4) is 0 Å². The molecule has 0 bridgehead atoms. The Morgan fingerprint density at radius 2 is 2.14 bits per heavy atom. The van der Waals surface area contributed by atoms with E-state index in [1.54, 1.807) is 0 Å².